The maximum Gasteiger partial charge on any atom is 0.268 e. The van der Waals surface area contributed by atoms with E-state index >= 15 is 0 Å². The molecule has 0 saturated heterocycles. The van der Waals surface area contributed by atoms with Gasteiger partial charge < -0.3 is 4.57 Å². The molecule has 43 heavy (non-hydrogen) atoms. The minimum absolute atomic E-state index is 0.344. The molecule has 1 aromatic heterocycles. The third-order valence-electron chi connectivity index (χ3n) is 8.17. The van der Waals surface area contributed by atoms with Crippen LogP contribution < -0.4 is 4.90 Å². The van der Waals surface area contributed by atoms with Crippen LogP contribution in [0.5, 0.6) is 0 Å². The molecule has 0 unspecified atom stereocenters. The Morgan fingerprint density at radius 2 is 1.47 bits per heavy atom. The van der Waals surface area contributed by atoms with Crippen LogP contribution in [0.25, 0.3) is 43.5 Å². The van der Waals surface area contributed by atoms with E-state index in [1.807, 2.05) is 92.1 Å². The smallest absolute Gasteiger partial charge is 0.268 e. The lowest BCUT2D eigenvalue weighted by Gasteiger charge is -2.20. The summed E-state index contributed by atoms with van der Waals surface area (Å²) < 4.78 is 2.04. The van der Waals surface area contributed by atoms with E-state index < -0.39 is 0 Å². The van der Waals surface area contributed by atoms with Crippen LogP contribution in [-0.4, -0.2) is 16.4 Å². The van der Waals surface area contributed by atoms with Crippen molar-refractivity contribution in [3.63, 3.8) is 0 Å². The Balaban J connectivity index is 1.55. The van der Waals surface area contributed by atoms with E-state index in [1.54, 1.807) is 24.3 Å². The van der Waals surface area contributed by atoms with Gasteiger partial charge in [-0.3, -0.25) is 9.59 Å². The molecule has 204 valence electrons. The number of hydrogen-bond acceptors (Lipinski definition) is 3. The van der Waals surface area contributed by atoms with E-state index in [1.165, 1.54) is 4.90 Å². The summed E-state index contributed by atoms with van der Waals surface area (Å²) in [7, 11) is 0. The summed E-state index contributed by atoms with van der Waals surface area (Å²) in [5, 5.41) is 11.6. The van der Waals surface area contributed by atoms with Crippen LogP contribution in [0.3, 0.4) is 0 Å². The first-order valence-electron chi connectivity index (χ1n) is 13.9. The molecule has 7 rings (SSSR count). The lowest BCUT2D eigenvalue weighted by molar-refractivity contribution is 0.0925. The predicted octanol–water partition coefficient (Wildman–Crippen LogP) is 8.60. The molecule has 0 spiro atoms. The van der Waals surface area contributed by atoms with Crippen molar-refractivity contribution in [2.24, 2.45) is 0 Å². The van der Waals surface area contributed by atoms with Gasteiger partial charge in [0.05, 0.1) is 46.2 Å². The molecule has 0 aliphatic carbocycles. The first-order chi connectivity index (χ1) is 20.8. The summed E-state index contributed by atoms with van der Waals surface area (Å²) >= 11 is 0. The molecule has 0 radical (unpaired) electrons. The number of rotatable bonds is 3. The number of aromatic nitrogens is 1. The highest BCUT2D eigenvalue weighted by atomic mass is 16.2. The quantitative estimate of drug-likeness (QED) is 0.162. The average molecular weight is 557 g/mol. The van der Waals surface area contributed by atoms with E-state index in [2.05, 4.69) is 10.9 Å². The molecule has 0 atom stereocenters. The van der Waals surface area contributed by atoms with Crippen molar-refractivity contribution in [2.75, 3.05) is 4.90 Å². The van der Waals surface area contributed by atoms with Crippen LogP contribution in [0.15, 0.2) is 91.0 Å². The molecular weight excluding hydrogens is 532 g/mol. The van der Waals surface area contributed by atoms with Crippen molar-refractivity contribution in [1.82, 2.24) is 4.57 Å². The molecule has 6 heteroatoms. The van der Waals surface area contributed by atoms with Gasteiger partial charge in [-0.1, -0.05) is 60.2 Å². The van der Waals surface area contributed by atoms with Crippen LogP contribution in [0.1, 0.15) is 43.0 Å². The highest BCUT2D eigenvalue weighted by Crippen LogP contribution is 2.42. The Hall–Kier alpha value is -5.98. The molecule has 2 amide bonds. The number of aryl methyl sites for hydroxylation is 3. The lowest BCUT2D eigenvalue weighted by Crippen LogP contribution is -2.31. The molecule has 1 aliphatic rings. The van der Waals surface area contributed by atoms with Crippen LogP contribution in [0.4, 0.5) is 11.4 Å². The van der Waals surface area contributed by atoms with E-state index in [4.69, 9.17) is 6.57 Å². The number of benzene rings is 5. The number of fused-ring (bicyclic) bond motifs is 4. The highest BCUT2D eigenvalue weighted by Gasteiger charge is 2.40. The topological polar surface area (TPSA) is 70.5 Å². The maximum atomic E-state index is 14.3. The third kappa shape index (κ3) is 3.78. The number of hydrogen-bond donors (Lipinski definition) is 0. The zero-order valence-corrected chi connectivity index (χ0v) is 23.8. The summed E-state index contributed by atoms with van der Waals surface area (Å²) in [5.74, 6) is -0.711. The van der Waals surface area contributed by atoms with Gasteiger partial charge >= 0.3 is 0 Å². The van der Waals surface area contributed by atoms with Gasteiger partial charge in [-0.25, -0.2) is 9.74 Å². The fourth-order valence-electron chi connectivity index (χ4n) is 6.58. The third-order valence-corrected chi connectivity index (χ3v) is 8.17. The number of amides is 2. The second kappa shape index (κ2) is 9.55. The van der Waals surface area contributed by atoms with Crippen molar-refractivity contribution < 1.29 is 9.59 Å². The lowest BCUT2D eigenvalue weighted by atomic mass is 9.99. The Morgan fingerprint density at radius 1 is 0.767 bits per heavy atom. The molecule has 1 aliphatic heterocycles. The monoisotopic (exact) mass is 556 g/mol. The molecule has 0 fully saturated rings. The Kier molecular flexibility index (Phi) is 5.76. The zero-order valence-electron chi connectivity index (χ0n) is 23.8. The summed E-state index contributed by atoms with van der Waals surface area (Å²) in [6.07, 6.45) is 0. The SMILES string of the molecule is [C-]#[N+]c1cc(C#N)cc(-c2cccc3c4ccccc4n(-c4cccc5c4C(=O)N(c4c(C)cc(C)cc4C)C5=O)c23)c1. The summed E-state index contributed by atoms with van der Waals surface area (Å²) in [5.41, 5.74) is 8.70. The highest BCUT2D eigenvalue weighted by molar-refractivity contribution is 6.36. The van der Waals surface area contributed by atoms with Crippen LogP contribution in [-0.2, 0) is 0 Å². The number of carbonyl (C=O) groups excluding carboxylic acids is 2. The molecule has 0 saturated carbocycles. The molecule has 0 N–H and O–H groups in total. The van der Waals surface area contributed by atoms with Crippen LogP contribution in [0.2, 0.25) is 0 Å². The molecule has 2 heterocycles. The Bertz CT molecular complexity index is 2240. The van der Waals surface area contributed by atoms with Gasteiger partial charge in [-0.15, -0.1) is 0 Å². The Labute approximate surface area is 248 Å². The number of imide groups is 1. The van der Waals surface area contributed by atoms with Gasteiger partial charge in [0.15, 0.2) is 5.69 Å². The first-order valence-corrected chi connectivity index (χ1v) is 13.9. The van der Waals surface area contributed by atoms with E-state index in [9.17, 15) is 14.9 Å². The normalized spacial score (nSPS) is 12.5. The molecule has 5 aromatic carbocycles. The fourth-order valence-corrected chi connectivity index (χ4v) is 6.58. The fraction of sp³-hybridized carbons (Fsp3) is 0.0811. The summed E-state index contributed by atoms with van der Waals surface area (Å²) in [6, 6.07) is 30.6. The number of nitriles is 1. The van der Waals surface area contributed by atoms with Gasteiger partial charge in [0.2, 0.25) is 0 Å². The van der Waals surface area contributed by atoms with Crippen molar-refractivity contribution in [3.05, 3.63) is 136 Å². The zero-order chi connectivity index (χ0) is 30.0. The number of nitrogens with zero attached hydrogens (tertiary/aromatic N) is 4. The average Bonchev–Trinajstić information content (AvgIpc) is 3.48. The summed E-state index contributed by atoms with van der Waals surface area (Å²) in [6.45, 7) is 13.4. The van der Waals surface area contributed by atoms with Crippen LogP contribution in [0, 0.1) is 38.7 Å². The van der Waals surface area contributed by atoms with Gasteiger partial charge in [-0.2, -0.15) is 5.26 Å². The molecule has 6 aromatic rings. The van der Waals surface area contributed by atoms with Gasteiger partial charge in [-0.05, 0) is 73.9 Å². The van der Waals surface area contributed by atoms with E-state index in [-0.39, 0.29) is 11.8 Å². The van der Waals surface area contributed by atoms with Crippen molar-refractivity contribution >= 4 is 45.0 Å². The predicted molar refractivity (Wildman–Crippen MR) is 169 cm³/mol. The van der Waals surface area contributed by atoms with Gasteiger partial charge in [0.1, 0.15) is 0 Å². The first kappa shape index (κ1) is 26.0. The summed E-state index contributed by atoms with van der Waals surface area (Å²) in [4.78, 5) is 33.1. The number of anilines is 1. The maximum absolute atomic E-state index is 14.3. The minimum Gasteiger partial charge on any atom is -0.308 e. The molecule has 0 bridgehead atoms. The number of carbonyl (C=O) groups is 2. The van der Waals surface area contributed by atoms with Crippen LogP contribution >= 0.6 is 0 Å². The standard InChI is InChI=1S/C37H24N4O2/c1-21-15-22(2)34(23(3)16-21)41-36(42)30-12-8-14-32(33(30)37(41)43)40-31-13-6-5-9-28(31)29-11-7-10-27(35(29)40)25-17-24(20-38)18-26(19-25)39-4/h5-19H,1-3H3. The van der Waals surface area contributed by atoms with Gasteiger partial charge in [0, 0.05) is 21.9 Å². The second-order valence-corrected chi connectivity index (χ2v) is 10.9. The Morgan fingerprint density at radius 3 is 2.21 bits per heavy atom. The largest absolute Gasteiger partial charge is 0.308 e. The number of para-hydroxylation sites is 2. The van der Waals surface area contributed by atoms with E-state index in [0.717, 1.165) is 49.6 Å². The molecule has 6 nitrogen and oxygen atoms in total. The minimum atomic E-state index is -0.365. The van der Waals surface area contributed by atoms with Gasteiger partial charge in [0.25, 0.3) is 11.8 Å². The van der Waals surface area contributed by atoms with E-state index in [0.29, 0.717) is 33.8 Å². The van der Waals surface area contributed by atoms with Crippen molar-refractivity contribution in [2.45, 2.75) is 20.8 Å². The molecular formula is C37H24N4O2. The second-order valence-electron chi connectivity index (χ2n) is 10.9. The van der Waals surface area contributed by atoms with Crippen molar-refractivity contribution in [1.29, 1.82) is 5.26 Å². The van der Waals surface area contributed by atoms with Crippen molar-refractivity contribution in [3.8, 4) is 22.9 Å².